The van der Waals surface area contributed by atoms with Crippen molar-refractivity contribution in [3.63, 3.8) is 0 Å². The zero-order chi connectivity index (χ0) is 19.3. The molecule has 6 rings (SSSR count). The highest BCUT2D eigenvalue weighted by molar-refractivity contribution is 7.99. The highest BCUT2D eigenvalue weighted by Gasteiger charge is 2.54. The second kappa shape index (κ2) is 7.16. The number of aliphatic hydroxyl groups is 1. The van der Waals surface area contributed by atoms with E-state index in [-0.39, 0.29) is 5.78 Å². The van der Waals surface area contributed by atoms with Gasteiger partial charge in [-0.1, -0.05) is 35.5 Å². The largest absolute Gasteiger partial charge is 0.390 e. The van der Waals surface area contributed by atoms with E-state index in [4.69, 9.17) is 11.6 Å². The third kappa shape index (κ3) is 3.62. The second-order valence-corrected chi connectivity index (χ2v) is 10.5. The SMILES string of the molecule is O=C(CC1C2CC3CC1CC(O)(C3)C2)c1cccc(Sc2ccc(Cl)cn2)c1. The topological polar surface area (TPSA) is 50.2 Å². The first-order chi connectivity index (χ1) is 13.5. The van der Waals surface area contributed by atoms with Crippen LogP contribution in [0.1, 0.15) is 48.9 Å². The Morgan fingerprint density at radius 1 is 1.18 bits per heavy atom. The van der Waals surface area contributed by atoms with Crippen molar-refractivity contribution in [2.75, 3.05) is 0 Å². The molecule has 0 spiro atoms. The predicted molar refractivity (Wildman–Crippen MR) is 111 cm³/mol. The van der Waals surface area contributed by atoms with Gasteiger partial charge in [0.2, 0.25) is 0 Å². The van der Waals surface area contributed by atoms with Gasteiger partial charge in [-0.3, -0.25) is 4.79 Å². The maximum absolute atomic E-state index is 13.1. The number of carbonyl (C=O) groups excluding carboxylic acids is 1. The summed E-state index contributed by atoms with van der Waals surface area (Å²) in [4.78, 5) is 18.4. The van der Waals surface area contributed by atoms with E-state index in [1.165, 1.54) is 12.8 Å². The molecular weight excluding hydrogens is 390 g/mol. The summed E-state index contributed by atoms with van der Waals surface area (Å²) in [5, 5.41) is 12.2. The van der Waals surface area contributed by atoms with Crippen molar-refractivity contribution in [2.45, 2.75) is 54.0 Å². The second-order valence-electron chi connectivity index (χ2n) is 8.93. The molecule has 5 heteroatoms. The molecule has 1 N–H and O–H groups in total. The van der Waals surface area contributed by atoms with E-state index in [0.29, 0.717) is 35.1 Å². The molecule has 28 heavy (non-hydrogen) atoms. The number of nitrogens with zero attached hydrogens (tertiary/aromatic N) is 1. The van der Waals surface area contributed by atoms with E-state index in [1.54, 1.807) is 18.0 Å². The fourth-order valence-corrected chi connectivity index (χ4v) is 6.96. The first-order valence-electron chi connectivity index (χ1n) is 10.1. The van der Waals surface area contributed by atoms with Crippen molar-refractivity contribution in [1.82, 2.24) is 4.98 Å². The molecule has 4 aliphatic rings. The lowest BCUT2D eigenvalue weighted by Gasteiger charge is -2.58. The third-order valence-electron chi connectivity index (χ3n) is 6.94. The summed E-state index contributed by atoms with van der Waals surface area (Å²) in [6.45, 7) is 0. The molecule has 0 saturated heterocycles. The van der Waals surface area contributed by atoms with Gasteiger partial charge >= 0.3 is 0 Å². The number of rotatable bonds is 5. The van der Waals surface area contributed by atoms with Crippen LogP contribution in [0.25, 0.3) is 0 Å². The van der Waals surface area contributed by atoms with Crippen LogP contribution in [0.4, 0.5) is 0 Å². The van der Waals surface area contributed by atoms with E-state index >= 15 is 0 Å². The molecule has 3 nitrogen and oxygen atoms in total. The summed E-state index contributed by atoms with van der Waals surface area (Å²) in [5.74, 6) is 2.40. The molecule has 1 heterocycles. The minimum Gasteiger partial charge on any atom is -0.390 e. The van der Waals surface area contributed by atoms with Crippen molar-refractivity contribution >= 4 is 29.1 Å². The quantitative estimate of drug-likeness (QED) is 0.644. The van der Waals surface area contributed by atoms with Crippen LogP contribution in [0.2, 0.25) is 5.02 Å². The number of pyridine rings is 1. The minimum absolute atomic E-state index is 0.232. The standard InChI is InChI=1S/C23H24ClNO2S/c24-18-4-5-22(25-13-18)28-19-3-1-2-15(8-19)21(26)9-20-16-6-14-7-17(20)12-23(27,10-14)11-16/h1-5,8,13-14,16-17,20,27H,6-7,9-12H2. The molecule has 1 aromatic carbocycles. The number of hydrogen-bond donors (Lipinski definition) is 1. The van der Waals surface area contributed by atoms with Crippen LogP contribution >= 0.6 is 23.4 Å². The Morgan fingerprint density at radius 2 is 1.96 bits per heavy atom. The van der Waals surface area contributed by atoms with E-state index < -0.39 is 5.60 Å². The molecular formula is C23H24ClNO2S. The smallest absolute Gasteiger partial charge is 0.163 e. The Kier molecular flexibility index (Phi) is 4.77. The van der Waals surface area contributed by atoms with Crippen molar-refractivity contribution in [3.05, 3.63) is 53.2 Å². The van der Waals surface area contributed by atoms with Gasteiger partial charge in [0.1, 0.15) is 5.03 Å². The number of carbonyl (C=O) groups is 1. The molecule has 0 amide bonds. The van der Waals surface area contributed by atoms with Gasteiger partial charge in [0.05, 0.1) is 10.6 Å². The Balaban J connectivity index is 1.29. The van der Waals surface area contributed by atoms with E-state index in [1.807, 2.05) is 36.4 Å². The van der Waals surface area contributed by atoms with Crippen LogP contribution in [0.5, 0.6) is 0 Å². The van der Waals surface area contributed by atoms with Gasteiger partial charge in [-0.05, 0) is 80.0 Å². The predicted octanol–water partition coefficient (Wildman–Crippen LogP) is 5.65. The average molecular weight is 414 g/mol. The van der Waals surface area contributed by atoms with Gasteiger partial charge in [0.15, 0.2) is 5.78 Å². The minimum atomic E-state index is -0.432. The highest BCUT2D eigenvalue weighted by atomic mass is 35.5. The summed E-state index contributed by atoms with van der Waals surface area (Å²) in [5.41, 5.74) is 0.351. The zero-order valence-electron chi connectivity index (χ0n) is 15.7. The average Bonchev–Trinajstić information content (AvgIpc) is 2.65. The van der Waals surface area contributed by atoms with Crippen LogP contribution < -0.4 is 0 Å². The monoisotopic (exact) mass is 413 g/mol. The van der Waals surface area contributed by atoms with Crippen LogP contribution in [-0.4, -0.2) is 21.5 Å². The number of Topliss-reactive ketones (excluding diaryl/α,β-unsaturated/α-hetero) is 1. The third-order valence-corrected chi connectivity index (χ3v) is 8.10. The molecule has 4 bridgehead atoms. The highest BCUT2D eigenvalue weighted by Crippen LogP contribution is 2.59. The normalized spacial score (nSPS) is 33.2. The molecule has 4 saturated carbocycles. The maximum Gasteiger partial charge on any atom is 0.163 e. The molecule has 4 fully saturated rings. The van der Waals surface area contributed by atoms with Crippen molar-refractivity contribution in [1.29, 1.82) is 0 Å². The van der Waals surface area contributed by atoms with Gasteiger partial charge in [-0.25, -0.2) is 4.98 Å². The maximum atomic E-state index is 13.1. The van der Waals surface area contributed by atoms with Crippen LogP contribution in [0.3, 0.4) is 0 Å². The van der Waals surface area contributed by atoms with Gasteiger partial charge in [0.25, 0.3) is 0 Å². The van der Waals surface area contributed by atoms with Gasteiger partial charge in [-0.15, -0.1) is 0 Å². The first-order valence-corrected chi connectivity index (χ1v) is 11.3. The molecule has 2 atom stereocenters. The summed E-state index contributed by atoms with van der Waals surface area (Å²) >= 11 is 7.44. The summed E-state index contributed by atoms with van der Waals surface area (Å²) in [6.07, 6.45) is 7.44. The Bertz CT molecular complexity index is 884. The fraction of sp³-hybridized carbons (Fsp3) is 0.478. The number of benzene rings is 1. The molecule has 2 unspecified atom stereocenters. The van der Waals surface area contributed by atoms with Gasteiger partial charge in [0, 0.05) is 23.1 Å². The Labute approximate surface area is 174 Å². The summed E-state index contributed by atoms with van der Waals surface area (Å²) in [6, 6.07) is 11.6. The van der Waals surface area contributed by atoms with Gasteiger partial charge in [-0.2, -0.15) is 0 Å². The number of ketones is 1. The van der Waals surface area contributed by atoms with E-state index in [9.17, 15) is 9.90 Å². The lowest BCUT2D eigenvalue weighted by molar-refractivity contribution is -0.151. The number of aromatic nitrogens is 1. The zero-order valence-corrected chi connectivity index (χ0v) is 17.3. The molecule has 2 aromatic rings. The summed E-state index contributed by atoms with van der Waals surface area (Å²) < 4.78 is 0. The van der Waals surface area contributed by atoms with E-state index in [0.717, 1.165) is 34.7 Å². The molecule has 0 radical (unpaired) electrons. The lowest BCUT2D eigenvalue weighted by Crippen LogP contribution is -2.54. The fourth-order valence-electron chi connectivity index (χ4n) is 6.03. The summed E-state index contributed by atoms with van der Waals surface area (Å²) in [7, 11) is 0. The van der Waals surface area contributed by atoms with Crippen LogP contribution in [-0.2, 0) is 0 Å². The molecule has 146 valence electrons. The Hall–Kier alpha value is -1.36. The lowest BCUT2D eigenvalue weighted by atomic mass is 9.49. The molecule has 0 aliphatic heterocycles. The van der Waals surface area contributed by atoms with Gasteiger partial charge < -0.3 is 5.11 Å². The first kappa shape index (κ1) is 18.7. The molecule has 4 aliphatic carbocycles. The van der Waals surface area contributed by atoms with Crippen molar-refractivity contribution in [3.8, 4) is 0 Å². The van der Waals surface area contributed by atoms with Crippen LogP contribution in [0.15, 0.2) is 52.5 Å². The van der Waals surface area contributed by atoms with E-state index in [2.05, 4.69) is 4.98 Å². The van der Waals surface area contributed by atoms with Crippen molar-refractivity contribution in [2.24, 2.45) is 23.7 Å². The number of halogens is 1. The molecule has 1 aromatic heterocycles. The number of hydrogen-bond acceptors (Lipinski definition) is 4. The van der Waals surface area contributed by atoms with Crippen molar-refractivity contribution < 1.29 is 9.90 Å². The Morgan fingerprint density at radius 3 is 2.64 bits per heavy atom. The van der Waals surface area contributed by atoms with Crippen LogP contribution in [0, 0.1) is 23.7 Å².